The van der Waals surface area contributed by atoms with Crippen LogP contribution in [-0.4, -0.2) is 53.6 Å². The number of nitrogens with one attached hydrogen (secondary N) is 2. The SMILES string of the molecule is COC(=O)c1cc(Nc2ncnc(Nc3ccc(C(=O)OCC(C)C)cc3)c2[N+](=O)[O-])cc(C(=O)OC)c1. The van der Waals surface area contributed by atoms with Gasteiger partial charge in [-0.15, -0.1) is 0 Å². The van der Waals surface area contributed by atoms with Crippen LogP contribution in [-0.2, 0) is 14.2 Å². The smallest absolute Gasteiger partial charge is 0.353 e. The molecule has 0 bridgehead atoms. The van der Waals surface area contributed by atoms with Crippen molar-refractivity contribution in [2.45, 2.75) is 13.8 Å². The Morgan fingerprint density at radius 2 is 1.37 bits per heavy atom. The Bertz CT molecular complexity index is 1320. The van der Waals surface area contributed by atoms with Gasteiger partial charge in [-0.25, -0.2) is 24.4 Å². The molecular formula is C25H25N5O8. The Labute approximate surface area is 217 Å². The molecule has 0 radical (unpaired) electrons. The standard InChI is InChI=1S/C25H25N5O8/c1-14(2)12-38-25(33)15-5-7-18(8-6-15)28-21-20(30(34)35)22(27-13-26-21)29-19-10-16(23(31)36-3)9-17(11-19)24(32)37-4/h5-11,13-14H,12H2,1-4H3,(H2,26,27,28,29). The number of ether oxygens (including phenoxy) is 3. The van der Waals surface area contributed by atoms with E-state index >= 15 is 0 Å². The number of methoxy groups -OCH3 is 2. The molecule has 0 amide bonds. The summed E-state index contributed by atoms with van der Waals surface area (Å²) >= 11 is 0. The van der Waals surface area contributed by atoms with E-state index in [0.717, 1.165) is 6.33 Å². The molecule has 0 atom stereocenters. The van der Waals surface area contributed by atoms with Gasteiger partial charge in [-0.3, -0.25) is 10.1 Å². The maximum absolute atomic E-state index is 12.1. The minimum atomic E-state index is -0.727. The number of nitro groups is 1. The van der Waals surface area contributed by atoms with Gasteiger partial charge in [0.2, 0.25) is 11.6 Å². The van der Waals surface area contributed by atoms with Crippen molar-refractivity contribution in [3.8, 4) is 0 Å². The first-order valence-electron chi connectivity index (χ1n) is 11.2. The zero-order valence-corrected chi connectivity index (χ0v) is 21.0. The number of esters is 3. The highest BCUT2D eigenvalue weighted by Gasteiger charge is 2.24. The predicted octanol–water partition coefficient (Wildman–Crippen LogP) is 4.26. The summed E-state index contributed by atoms with van der Waals surface area (Å²) in [6.07, 6.45) is 1.10. The zero-order valence-electron chi connectivity index (χ0n) is 21.0. The van der Waals surface area contributed by atoms with Crippen molar-refractivity contribution in [1.82, 2.24) is 9.97 Å². The number of aromatic nitrogens is 2. The second kappa shape index (κ2) is 12.3. The van der Waals surface area contributed by atoms with Crippen LogP contribution in [0.2, 0.25) is 0 Å². The fraction of sp³-hybridized carbons (Fsp3) is 0.240. The maximum atomic E-state index is 12.1. The molecule has 2 N–H and O–H groups in total. The molecule has 0 aliphatic rings. The van der Waals surface area contributed by atoms with Gasteiger partial charge in [-0.2, -0.15) is 0 Å². The average molecular weight is 524 g/mol. The largest absolute Gasteiger partial charge is 0.465 e. The first-order chi connectivity index (χ1) is 18.1. The van der Waals surface area contributed by atoms with E-state index < -0.39 is 28.5 Å². The molecule has 0 aliphatic carbocycles. The highest BCUT2D eigenvalue weighted by molar-refractivity contribution is 5.97. The molecule has 13 nitrogen and oxygen atoms in total. The molecule has 0 fully saturated rings. The third-order valence-electron chi connectivity index (χ3n) is 4.97. The molecule has 13 heteroatoms. The topological polar surface area (TPSA) is 172 Å². The fourth-order valence-corrected chi connectivity index (χ4v) is 3.19. The molecule has 0 saturated heterocycles. The summed E-state index contributed by atoms with van der Waals surface area (Å²) in [5.74, 6) is -2.09. The van der Waals surface area contributed by atoms with Gasteiger partial charge in [-0.05, 0) is 48.4 Å². The summed E-state index contributed by atoms with van der Waals surface area (Å²) < 4.78 is 14.6. The summed E-state index contributed by atoms with van der Waals surface area (Å²) in [7, 11) is 2.35. The molecule has 0 saturated carbocycles. The summed E-state index contributed by atoms with van der Waals surface area (Å²) in [4.78, 5) is 55.5. The lowest BCUT2D eigenvalue weighted by molar-refractivity contribution is -0.383. The third kappa shape index (κ3) is 6.78. The molecule has 1 heterocycles. The number of carbonyl (C=O) groups is 3. The van der Waals surface area contributed by atoms with E-state index in [1.165, 1.54) is 44.6 Å². The summed E-state index contributed by atoms with van der Waals surface area (Å²) in [6, 6.07) is 10.1. The van der Waals surface area contributed by atoms with E-state index in [1.54, 1.807) is 12.1 Å². The minimum Gasteiger partial charge on any atom is -0.465 e. The Kier molecular flexibility index (Phi) is 8.87. The van der Waals surface area contributed by atoms with Crippen LogP contribution in [0.4, 0.5) is 28.7 Å². The van der Waals surface area contributed by atoms with Gasteiger partial charge in [-0.1, -0.05) is 13.8 Å². The van der Waals surface area contributed by atoms with Crippen LogP contribution in [0, 0.1) is 16.0 Å². The summed E-state index contributed by atoms with van der Waals surface area (Å²) in [5, 5.41) is 17.6. The predicted molar refractivity (Wildman–Crippen MR) is 136 cm³/mol. The van der Waals surface area contributed by atoms with Crippen LogP contribution in [0.1, 0.15) is 44.9 Å². The molecule has 3 rings (SSSR count). The van der Waals surface area contributed by atoms with Crippen molar-refractivity contribution in [2.24, 2.45) is 5.92 Å². The second-order valence-corrected chi connectivity index (χ2v) is 8.28. The van der Waals surface area contributed by atoms with E-state index in [4.69, 9.17) is 14.2 Å². The van der Waals surface area contributed by atoms with Crippen LogP contribution in [0.25, 0.3) is 0 Å². The molecule has 0 unspecified atom stereocenters. The van der Waals surface area contributed by atoms with Crippen LogP contribution in [0.15, 0.2) is 48.8 Å². The summed E-state index contributed by atoms with van der Waals surface area (Å²) in [6.45, 7) is 4.13. The van der Waals surface area contributed by atoms with Crippen molar-refractivity contribution in [2.75, 3.05) is 31.5 Å². The van der Waals surface area contributed by atoms with E-state index in [-0.39, 0.29) is 41.0 Å². The van der Waals surface area contributed by atoms with Gasteiger partial charge < -0.3 is 24.8 Å². The molecule has 0 aliphatic heterocycles. The molecule has 38 heavy (non-hydrogen) atoms. The van der Waals surface area contributed by atoms with Gasteiger partial charge in [0, 0.05) is 11.4 Å². The number of hydrogen-bond donors (Lipinski definition) is 2. The Hall–Kier alpha value is -5.07. The molecular weight excluding hydrogens is 498 g/mol. The van der Waals surface area contributed by atoms with Gasteiger partial charge in [0.05, 0.1) is 42.4 Å². The van der Waals surface area contributed by atoms with Crippen molar-refractivity contribution in [3.05, 3.63) is 75.6 Å². The van der Waals surface area contributed by atoms with Crippen molar-refractivity contribution in [1.29, 1.82) is 0 Å². The van der Waals surface area contributed by atoms with Crippen LogP contribution in [0.3, 0.4) is 0 Å². The van der Waals surface area contributed by atoms with Gasteiger partial charge >= 0.3 is 23.6 Å². The second-order valence-electron chi connectivity index (χ2n) is 8.28. The van der Waals surface area contributed by atoms with Crippen molar-refractivity contribution in [3.63, 3.8) is 0 Å². The number of hydrogen-bond acceptors (Lipinski definition) is 12. The highest BCUT2D eigenvalue weighted by Crippen LogP contribution is 2.33. The van der Waals surface area contributed by atoms with Crippen LogP contribution >= 0.6 is 0 Å². The number of anilines is 4. The first-order valence-corrected chi connectivity index (χ1v) is 11.2. The normalized spacial score (nSPS) is 10.4. The lowest BCUT2D eigenvalue weighted by Crippen LogP contribution is -2.10. The minimum absolute atomic E-state index is 0.0139. The highest BCUT2D eigenvalue weighted by atomic mass is 16.6. The first kappa shape index (κ1) is 27.5. The van der Waals surface area contributed by atoms with E-state index in [2.05, 4.69) is 20.6 Å². The number of carbonyl (C=O) groups excluding carboxylic acids is 3. The number of rotatable bonds is 10. The molecule has 1 aromatic heterocycles. The molecule has 198 valence electrons. The van der Waals surface area contributed by atoms with Crippen molar-refractivity contribution >= 4 is 46.6 Å². The molecule has 0 spiro atoms. The fourth-order valence-electron chi connectivity index (χ4n) is 3.19. The third-order valence-corrected chi connectivity index (χ3v) is 4.97. The van der Waals surface area contributed by atoms with Crippen LogP contribution < -0.4 is 10.6 Å². The van der Waals surface area contributed by atoms with E-state index in [0.29, 0.717) is 11.3 Å². The lowest BCUT2D eigenvalue weighted by Gasteiger charge is -2.12. The van der Waals surface area contributed by atoms with E-state index in [9.17, 15) is 24.5 Å². The van der Waals surface area contributed by atoms with Gasteiger partial charge in [0.15, 0.2) is 0 Å². The van der Waals surface area contributed by atoms with Gasteiger partial charge in [0.1, 0.15) is 6.33 Å². The van der Waals surface area contributed by atoms with Crippen molar-refractivity contribution < 1.29 is 33.5 Å². The summed E-state index contributed by atoms with van der Waals surface area (Å²) in [5.41, 5.74) is 0.405. The molecule has 2 aromatic carbocycles. The monoisotopic (exact) mass is 523 g/mol. The number of nitrogens with zero attached hydrogens (tertiary/aromatic N) is 3. The Morgan fingerprint density at radius 3 is 1.84 bits per heavy atom. The quantitative estimate of drug-likeness (QED) is 0.168. The maximum Gasteiger partial charge on any atom is 0.353 e. The molecule has 3 aromatic rings. The Morgan fingerprint density at radius 1 is 0.842 bits per heavy atom. The van der Waals surface area contributed by atoms with Crippen LogP contribution in [0.5, 0.6) is 0 Å². The Balaban J connectivity index is 1.91. The average Bonchev–Trinajstić information content (AvgIpc) is 2.90. The lowest BCUT2D eigenvalue weighted by atomic mass is 10.1. The zero-order chi connectivity index (χ0) is 27.8. The van der Waals surface area contributed by atoms with E-state index in [1.807, 2.05) is 13.8 Å². The number of benzene rings is 2. The van der Waals surface area contributed by atoms with Gasteiger partial charge in [0.25, 0.3) is 0 Å².